The third-order valence-corrected chi connectivity index (χ3v) is 8.00. The lowest BCUT2D eigenvalue weighted by molar-refractivity contribution is -0.116. The summed E-state index contributed by atoms with van der Waals surface area (Å²) in [4.78, 5) is 30.4. The lowest BCUT2D eigenvalue weighted by atomic mass is 9.78. The van der Waals surface area contributed by atoms with Gasteiger partial charge in [0.1, 0.15) is 0 Å². The third-order valence-electron chi connectivity index (χ3n) is 8.00. The number of ketones is 1. The number of aryl methyl sites for hydroxylation is 1. The number of carbonyl (C=O) groups excluding carboxylic acids is 2. The summed E-state index contributed by atoms with van der Waals surface area (Å²) in [7, 11) is 3.22. The molecule has 0 unspecified atom stereocenters. The van der Waals surface area contributed by atoms with E-state index in [9.17, 15) is 9.59 Å². The van der Waals surface area contributed by atoms with Gasteiger partial charge in [0.05, 0.1) is 31.6 Å². The number of allylic oxidation sites excluding steroid dienone is 1. The highest BCUT2D eigenvalue weighted by Crippen LogP contribution is 2.48. The van der Waals surface area contributed by atoms with Crippen LogP contribution in [-0.2, 0) is 4.79 Å². The number of methoxy groups -OCH3 is 2. The first-order valence-electron chi connectivity index (χ1n) is 13.8. The summed E-state index contributed by atoms with van der Waals surface area (Å²) in [5.74, 6) is 1.08. The Morgan fingerprint density at radius 3 is 2.22 bits per heavy atom. The number of hydrogen-bond acceptors (Lipinski definition) is 5. The number of nitrogens with zero attached hydrogens (tertiary/aromatic N) is 1. The van der Waals surface area contributed by atoms with E-state index in [-0.39, 0.29) is 17.6 Å². The number of Topliss-reactive ketones (excluding diaryl/α,β-unsaturated/α-hetero) is 1. The molecule has 0 saturated carbocycles. The van der Waals surface area contributed by atoms with Gasteiger partial charge in [0, 0.05) is 23.3 Å². The van der Waals surface area contributed by atoms with Crippen LogP contribution in [0.1, 0.15) is 51.8 Å². The Bertz CT molecular complexity index is 1640. The molecule has 6 nitrogen and oxygen atoms in total. The molecule has 0 aromatic heterocycles. The van der Waals surface area contributed by atoms with E-state index in [0.717, 1.165) is 33.8 Å². The molecule has 206 valence electrons. The van der Waals surface area contributed by atoms with Crippen molar-refractivity contribution >= 4 is 23.1 Å². The van der Waals surface area contributed by atoms with Crippen molar-refractivity contribution in [1.82, 2.24) is 0 Å². The van der Waals surface area contributed by atoms with E-state index in [1.54, 1.807) is 19.1 Å². The maximum absolute atomic E-state index is 14.3. The van der Waals surface area contributed by atoms with Crippen LogP contribution in [0.5, 0.6) is 11.5 Å². The van der Waals surface area contributed by atoms with Gasteiger partial charge >= 0.3 is 0 Å². The van der Waals surface area contributed by atoms with Crippen LogP contribution in [0.25, 0.3) is 0 Å². The maximum atomic E-state index is 14.3. The van der Waals surface area contributed by atoms with Gasteiger partial charge in [-0.2, -0.15) is 0 Å². The average Bonchev–Trinajstić information content (AvgIpc) is 3.16. The first-order valence-corrected chi connectivity index (χ1v) is 13.8. The Balaban J connectivity index is 1.53. The zero-order valence-corrected chi connectivity index (χ0v) is 23.4. The number of ether oxygens (including phenoxy) is 2. The predicted octanol–water partition coefficient (Wildman–Crippen LogP) is 7.23. The minimum Gasteiger partial charge on any atom is -0.493 e. The highest BCUT2D eigenvalue weighted by molar-refractivity contribution is 6.12. The van der Waals surface area contributed by atoms with Gasteiger partial charge in [-0.3, -0.25) is 14.5 Å². The first kappa shape index (κ1) is 26.4. The molecule has 2 aliphatic rings. The van der Waals surface area contributed by atoms with Gasteiger partial charge in [0.15, 0.2) is 17.3 Å². The molecule has 6 heteroatoms. The van der Waals surface area contributed by atoms with Gasteiger partial charge in [0.2, 0.25) is 0 Å². The monoisotopic (exact) mass is 544 g/mol. The number of amides is 1. The average molecular weight is 545 g/mol. The van der Waals surface area contributed by atoms with Gasteiger partial charge < -0.3 is 14.8 Å². The van der Waals surface area contributed by atoms with Crippen LogP contribution in [0.3, 0.4) is 0 Å². The molecule has 1 amide bonds. The number of para-hydroxylation sites is 2. The van der Waals surface area contributed by atoms with Gasteiger partial charge in [0.25, 0.3) is 5.91 Å². The molecule has 4 aromatic carbocycles. The molecule has 1 N–H and O–H groups in total. The highest BCUT2D eigenvalue weighted by Gasteiger charge is 2.42. The normalized spacial score (nSPS) is 18.1. The number of nitrogens with one attached hydrogen (secondary N) is 1. The molecule has 0 fully saturated rings. The minimum atomic E-state index is -0.590. The van der Waals surface area contributed by atoms with E-state index >= 15 is 0 Å². The van der Waals surface area contributed by atoms with Crippen LogP contribution in [0.4, 0.5) is 11.4 Å². The van der Waals surface area contributed by atoms with Crippen molar-refractivity contribution in [3.63, 3.8) is 0 Å². The summed E-state index contributed by atoms with van der Waals surface area (Å²) < 4.78 is 11.0. The Hall–Kier alpha value is -4.84. The fourth-order valence-corrected chi connectivity index (χ4v) is 5.94. The van der Waals surface area contributed by atoms with Crippen LogP contribution in [-0.4, -0.2) is 25.9 Å². The summed E-state index contributed by atoms with van der Waals surface area (Å²) in [5.41, 5.74) is 6.56. The second kappa shape index (κ2) is 11.0. The molecule has 6 rings (SSSR count). The summed E-state index contributed by atoms with van der Waals surface area (Å²) in [6.45, 7) is 2.03. The van der Waals surface area contributed by atoms with Crippen LogP contribution in [0.15, 0.2) is 108 Å². The second-order valence-electron chi connectivity index (χ2n) is 10.5. The van der Waals surface area contributed by atoms with E-state index in [0.29, 0.717) is 35.5 Å². The van der Waals surface area contributed by atoms with E-state index in [1.165, 1.54) is 0 Å². The molecule has 41 heavy (non-hydrogen) atoms. The zero-order chi connectivity index (χ0) is 28.5. The molecular formula is C35H32N2O4. The number of benzene rings is 4. The zero-order valence-electron chi connectivity index (χ0n) is 23.4. The van der Waals surface area contributed by atoms with E-state index in [1.807, 2.05) is 104 Å². The van der Waals surface area contributed by atoms with E-state index in [2.05, 4.69) is 5.32 Å². The lowest BCUT2D eigenvalue weighted by Crippen LogP contribution is -2.38. The Labute approximate surface area is 240 Å². The van der Waals surface area contributed by atoms with Crippen molar-refractivity contribution in [2.75, 3.05) is 24.4 Å². The largest absolute Gasteiger partial charge is 0.493 e. The van der Waals surface area contributed by atoms with Crippen molar-refractivity contribution < 1.29 is 19.1 Å². The molecular weight excluding hydrogens is 512 g/mol. The minimum absolute atomic E-state index is 0.0165. The van der Waals surface area contributed by atoms with Gasteiger partial charge in [-0.1, -0.05) is 66.2 Å². The molecule has 0 spiro atoms. The van der Waals surface area contributed by atoms with Gasteiger partial charge in [-0.15, -0.1) is 0 Å². The number of fused-ring (bicyclic) bond motifs is 1. The van der Waals surface area contributed by atoms with Crippen molar-refractivity contribution in [3.8, 4) is 11.5 Å². The number of hydrogen-bond donors (Lipinski definition) is 1. The third kappa shape index (κ3) is 4.86. The first-order chi connectivity index (χ1) is 20.0. The second-order valence-corrected chi connectivity index (χ2v) is 10.5. The topological polar surface area (TPSA) is 67.9 Å². The smallest absolute Gasteiger partial charge is 0.259 e. The quantitative estimate of drug-likeness (QED) is 0.287. The van der Waals surface area contributed by atoms with Crippen molar-refractivity contribution in [2.24, 2.45) is 0 Å². The van der Waals surface area contributed by atoms with Crippen LogP contribution < -0.4 is 19.7 Å². The Morgan fingerprint density at radius 2 is 1.49 bits per heavy atom. The molecule has 0 saturated heterocycles. The molecule has 0 bridgehead atoms. The van der Waals surface area contributed by atoms with Crippen LogP contribution in [0, 0.1) is 6.92 Å². The summed E-state index contributed by atoms with van der Waals surface area (Å²) >= 11 is 0. The highest BCUT2D eigenvalue weighted by atomic mass is 16.5. The van der Waals surface area contributed by atoms with Gasteiger partial charge in [-0.05, 0) is 66.8 Å². The molecule has 0 radical (unpaired) electrons. The van der Waals surface area contributed by atoms with Crippen molar-refractivity contribution in [1.29, 1.82) is 0 Å². The van der Waals surface area contributed by atoms with Crippen LogP contribution >= 0.6 is 0 Å². The van der Waals surface area contributed by atoms with Crippen LogP contribution in [0.2, 0.25) is 0 Å². The Morgan fingerprint density at radius 1 is 0.805 bits per heavy atom. The Kier molecular flexibility index (Phi) is 7.06. The predicted molar refractivity (Wildman–Crippen MR) is 161 cm³/mol. The van der Waals surface area contributed by atoms with Gasteiger partial charge in [-0.25, -0.2) is 0 Å². The maximum Gasteiger partial charge on any atom is 0.259 e. The molecule has 1 heterocycles. The molecule has 1 aliphatic carbocycles. The van der Waals surface area contributed by atoms with Crippen molar-refractivity contribution in [3.05, 3.63) is 131 Å². The number of rotatable bonds is 5. The van der Waals surface area contributed by atoms with Crippen molar-refractivity contribution in [2.45, 2.75) is 31.7 Å². The molecule has 1 aliphatic heterocycles. The standard InChI is InChI=1S/C35H32N2O4/c1-22-13-15-23(16-14-22)34-33-28(19-26(20-30(33)38)25-17-18-31(40-2)32(21-25)41-3)36-27-11-7-8-12-29(27)37(34)35(39)24-9-5-4-6-10-24/h4-18,21,26,34,36H,19-20H2,1-3H3/t26-,34+/m1/s1. The fourth-order valence-electron chi connectivity index (χ4n) is 5.94. The van der Waals surface area contributed by atoms with E-state index < -0.39 is 6.04 Å². The van der Waals surface area contributed by atoms with E-state index in [4.69, 9.17) is 9.47 Å². The molecule has 4 aromatic rings. The summed E-state index contributed by atoms with van der Waals surface area (Å²) in [6, 6.07) is 30.4. The summed E-state index contributed by atoms with van der Waals surface area (Å²) in [5, 5.41) is 3.60. The summed E-state index contributed by atoms with van der Waals surface area (Å²) in [6.07, 6.45) is 0.933. The fraction of sp³-hybridized carbons (Fsp3) is 0.200. The SMILES string of the molecule is COc1ccc([C@H]2CC(=O)C3=C(C2)Nc2ccccc2N(C(=O)c2ccccc2)[C@H]3c2ccc(C)cc2)cc1OC. The number of carbonyl (C=O) groups is 2. The lowest BCUT2D eigenvalue weighted by Gasteiger charge is -2.35. The number of anilines is 2. The molecule has 2 atom stereocenters.